The summed E-state index contributed by atoms with van der Waals surface area (Å²) in [5.74, 6) is 0.653. The lowest BCUT2D eigenvalue weighted by molar-refractivity contribution is -0.182. The SMILES string of the molecule is COc1cc2nncc(C3=CC4=C(CCNC4=O)CC3(OC)OCC3CC3)c2cc1OC. The average Bonchev–Trinajstić information content (AvgIpc) is 3.66. The fraction of sp³-hybridized carbons (Fsp3) is 0.458. The highest BCUT2D eigenvalue weighted by atomic mass is 16.7. The number of fused-ring (bicyclic) bond motifs is 1. The van der Waals surface area contributed by atoms with Crippen LogP contribution in [-0.4, -0.2) is 56.4 Å². The molecule has 168 valence electrons. The summed E-state index contributed by atoms with van der Waals surface area (Å²) < 4.78 is 23.5. The number of nitrogens with zero attached hydrogens (tertiary/aromatic N) is 2. The van der Waals surface area contributed by atoms with Crippen molar-refractivity contribution in [2.24, 2.45) is 5.92 Å². The lowest BCUT2D eigenvalue weighted by Crippen LogP contribution is -2.43. The zero-order valence-corrected chi connectivity index (χ0v) is 18.6. The number of rotatable bonds is 7. The van der Waals surface area contributed by atoms with E-state index < -0.39 is 5.79 Å². The van der Waals surface area contributed by atoms with Crippen molar-refractivity contribution in [1.82, 2.24) is 15.5 Å². The molecular weight excluding hydrogens is 410 g/mol. The Bertz CT molecular complexity index is 1140. The number of hydrogen-bond acceptors (Lipinski definition) is 7. The third-order valence-corrected chi connectivity index (χ3v) is 6.50. The molecule has 32 heavy (non-hydrogen) atoms. The van der Waals surface area contributed by atoms with E-state index in [0.29, 0.717) is 48.1 Å². The molecule has 2 heterocycles. The number of methoxy groups -OCH3 is 3. The Hall–Kier alpha value is -2.97. The van der Waals surface area contributed by atoms with Gasteiger partial charge < -0.3 is 24.3 Å². The summed E-state index contributed by atoms with van der Waals surface area (Å²) in [7, 11) is 4.84. The lowest BCUT2D eigenvalue weighted by atomic mass is 9.80. The molecule has 1 aromatic carbocycles. The van der Waals surface area contributed by atoms with E-state index >= 15 is 0 Å². The Morgan fingerprint density at radius 3 is 2.66 bits per heavy atom. The van der Waals surface area contributed by atoms with Crippen LogP contribution >= 0.6 is 0 Å². The molecule has 0 radical (unpaired) electrons. The van der Waals surface area contributed by atoms with Crippen LogP contribution in [-0.2, 0) is 14.3 Å². The van der Waals surface area contributed by atoms with Crippen molar-refractivity contribution in [2.75, 3.05) is 34.5 Å². The van der Waals surface area contributed by atoms with Crippen LogP contribution in [0.15, 0.2) is 35.6 Å². The topological polar surface area (TPSA) is 91.8 Å². The van der Waals surface area contributed by atoms with Gasteiger partial charge in [0.1, 0.15) is 0 Å². The van der Waals surface area contributed by atoms with Crippen molar-refractivity contribution in [3.8, 4) is 11.5 Å². The molecule has 1 N–H and O–H groups in total. The predicted molar refractivity (Wildman–Crippen MR) is 118 cm³/mol. The molecule has 1 amide bonds. The van der Waals surface area contributed by atoms with Gasteiger partial charge in [0.15, 0.2) is 17.3 Å². The molecule has 5 rings (SSSR count). The van der Waals surface area contributed by atoms with Gasteiger partial charge in [-0.3, -0.25) is 4.79 Å². The van der Waals surface area contributed by atoms with E-state index in [1.165, 1.54) is 12.8 Å². The molecule has 3 aliphatic rings. The highest BCUT2D eigenvalue weighted by Crippen LogP contribution is 2.47. The summed E-state index contributed by atoms with van der Waals surface area (Å²) in [5.41, 5.74) is 3.95. The number of carbonyl (C=O) groups is 1. The number of amides is 1. The standard InChI is InChI=1S/C24H27N3O5/c1-29-21-9-17-18(12-26-27-20(17)10-22(21)30-2)19-8-16-15(6-7-25-23(16)28)11-24(19,31-3)32-13-14-4-5-14/h8-10,12,14H,4-7,11,13H2,1-3H3,(H,25,28). The van der Waals surface area contributed by atoms with Crippen LogP contribution in [0.3, 0.4) is 0 Å². The summed E-state index contributed by atoms with van der Waals surface area (Å²) in [6.07, 6.45) is 7.22. The van der Waals surface area contributed by atoms with Gasteiger partial charge in [0.2, 0.25) is 0 Å². The van der Waals surface area contributed by atoms with Crippen LogP contribution in [0.2, 0.25) is 0 Å². The molecule has 1 aliphatic heterocycles. The smallest absolute Gasteiger partial charge is 0.251 e. The van der Waals surface area contributed by atoms with E-state index in [9.17, 15) is 4.79 Å². The Balaban J connectivity index is 1.70. The largest absolute Gasteiger partial charge is 0.493 e. The second-order valence-corrected chi connectivity index (χ2v) is 8.45. The first-order chi connectivity index (χ1) is 15.6. The van der Waals surface area contributed by atoms with E-state index in [1.807, 2.05) is 12.1 Å². The Morgan fingerprint density at radius 2 is 1.94 bits per heavy atom. The van der Waals surface area contributed by atoms with Gasteiger partial charge in [0, 0.05) is 48.2 Å². The number of benzene rings is 1. The normalized spacial score (nSPS) is 23.0. The van der Waals surface area contributed by atoms with E-state index in [0.717, 1.165) is 28.5 Å². The van der Waals surface area contributed by atoms with Gasteiger partial charge in [-0.05, 0) is 42.9 Å². The fourth-order valence-electron chi connectivity index (χ4n) is 4.49. The minimum atomic E-state index is -0.998. The van der Waals surface area contributed by atoms with Crippen molar-refractivity contribution in [2.45, 2.75) is 31.5 Å². The second kappa shape index (κ2) is 8.18. The summed E-state index contributed by atoms with van der Waals surface area (Å²) >= 11 is 0. The van der Waals surface area contributed by atoms with Gasteiger partial charge in [-0.25, -0.2) is 0 Å². The molecule has 8 nitrogen and oxygen atoms in total. The number of nitrogens with one attached hydrogen (secondary N) is 1. The number of ether oxygens (including phenoxy) is 4. The number of aromatic nitrogens is 2. The maximum Gasteiger partial charge on any atom is 0.251 e. The zero-order chi connectivity index (χ0) is 22.3. The summed E-state index contributed by atoms with van der Waals surface area (Å²) in [6, 6.07) is 3.68. The van der Waals surface area contributed by atoms with Crippen molar-refractivity contribution in [3.05, 3.63) is 41.1 Å². The predicted octanol–water partition coefficient (Wildman–Crippen LogP) is 3.02. The van der Waals surface area contributed by atoms with Crippen LogP contribution in [0.5, 0.6) is 11.5 Å². The molecule has 2 aliphatic carbocycles. The summed E-state index contributed by atoms with van der Waals surface area (Å²) in [4.78, 5) is 12.7. The van der Waals surface area contributed by atoms with Gasteiger partial charge in [-0.15, -0.1) is 0 Å². The Kier molecular flexibility index (Phi) is 5.35. The molecule has 8 heteroatoms. The van der Waals surface area contributed by atoms with Crippen LogP contribution in [0.4, 0.5) is 0 Å². The first-order valence-electron chi connectivity index (χ1n) is 10.9. The molecule has 0 bridgehead atoms. The molecule has 2 aromatic rings. The highest BCUT2D eigenvalue weighted by molar-refractivity contribution is 6.03. The van der Waals surface area contributed by atoms with Crippen LogP contribution < -0.4 is 14.8 Å². The molecular formula is C24H27N3O5. The van der Waals surface area contributed by atoms with Crippen molar-refractivity contribution >= 4 is 22.4 Å². The Labute approximate surface area is 186 Å². The van der Waals surface area contributed by atoms with Gasteiger partial charge in [-0.1, -0.05) is 0 Å². The minimum Gasteiger partial charge on any atom is -0.493 e. The molecule has 0 saturated heterocycles. The number of carbonyl (C=O) groups excluding carboxylic acids is 1. The third-order valence-electron chi connectivity index (χ3n) is 6.50. The van der Waals surface area contributed by atoms with Crippen LogP contribution in [0.1, 0.15) is 31.2 Å². The van der Waals surface area contributed by atoms with Crippen molar-refractivity contribution in [3.63, 3.8) is 0 Å². The van der Waals surface area contributed by atoms with E-state index in [-0.39, 0.29) is 5.91 Å². The van der Waals surface area contributed by atoms with E-state index in [1.54, 1.807) is 33.6 Å². The van der Waals surface area contributed by atoms with Gasteiger partial charge in [-0.2, -0.15) is 10.2 Å². The molecule has 0 spiro atoms. The summed E-state index contributed by atoms with van der Waals surface area (Å²) in [6.45, 7) is 1.24. The van der Waals surface area contributed by atoms with Gasteiger partial charge in [0.05, 0.1) is 32.5 Å². The van der Waals surface area contributed by atoms with Crippen molar-refractivity contribution in [1.29, 1.82) is 0 Å². The van der Waals surface area contributed by atoms with Gasteiger partial charge in [0.25, 0.3) is 5.91 Å². The summed E-state index contributed by atoms with van der Waals surface area (Å²) in [5, 5.41) is 12.3. The van der Waals surface area contributed by atoms with Crippen molar-refractivity contribution < 1.29 is 23.7 Å². The van der Waals surface area contributed by atoms with Gasteiger partial charge >= 0.3 is 0 Å². The second-order valence-electron chi connectivity index (χ2n) is 8.45. The quantitative estimate of drug-likeness (QED) is 0.666. The van der Waals surface area contributed by atoms with Crippen LogP contribution in [0.25, 0.3) is 16.5 Å². The Morgan fingerprint density at radius 1 is 1.16 bits per heavy atom. The van der Waals surface area contributed by atoms with Crippen LogP contribution in [0, 0.1) is 5.92 Å². The maximum atomic E-state index is 12.7. The number of hydrogen-bond donors (Lipinski definition) is 1. The monoisotopic (exact) mass is 437 g/mol. The first kappa shape index (κ1) is 20.9. The zero-order valence-electron chi connectivity index (χ0n) is 18.6. The molecule has 1 atom stereocenters. The molecule has 1 fully saturated rings. The fourth-order valence-corrected chi connectivity index (χ4v) is 4.49. The molecule has 1 aromatic heterocycles. The van der Waals surface area contributed by atoms with E-state index in [2.05, 4.69) is 15.5 Å². The first-order valence-corrected chi connectivity index (χ1v) is 10.9. The molecule has 1 saturated carbocycles. The minimum absolute atomic E-state index is 0.0683. The molecule has 1 unspecified atom stereocenters. The maximum absolute atomic E-state index is 12.7. The van der Waals surface area contributed by atoms with E-state index in [4.69, 9.17) is 18.9 Å². The average molecular weight is 437 g/mol. The lowest BCUT2D eigenvalue weighted by Gasteiger charge is -2.40. The highest BCUT2D eigenvalue weighted by Gasteiger charge is 2.44. The third kappa shape index (κ3) is 3.53.